The molecule has 0 bridgehead atoms. The topological polar surface area (TPSA) is 72.9 Å². The molecule has 0 aliphatic heterocycles. The van der Waals surface area contributed by atoms with Gasteiger partial charge < -0.3 is 11.1 Å². The molecule has 1 aromatic heterocycles. The Morgan fingerprint density at radius 3 is 2.43 bits per heavy atom. The summed E-state index contributed by atoms with van der Waals surface area (Å²) >= 11 is 2.97. The van der Waals surface area contributed by atoms with Crippen molar-refractivity contribution >= 4 is 33.2 Å². The van der Waals surface area contributed by atoms with Crippen molar-refractivity contribution < 1.29 is 13.6 Å². The van der Waals surface area contributed by atoms with Crippen molar-refractivity contribution in [2.24, 2.45) is 0 Å². The Morgan fingerprint density at radius 1 is 1.38 bits per heavy atom. The molecule has 8 heteroatoms. The average molecular weight is 359 g/mol. The highest BCUT2D eigenvalue weighted by Crippen LogP contribution is 2.24. The summed E-state index contributed by atoms with van der Waals surface area (Å²) in [6.07, 6.45) is 0. The fourth-order valence-electron chi connectivity index (χ4n) is 1.84. The van der Waals surface area contributed by atoms with Gasteiger partial charge in [-0.1, -0.05) is 15.9 Å². The van der Waals surface area contributed by atoms with E-state index in [1.54, 1.807) is 13.8 Å². The van der Waals surface area contributed by atoms with Crippen LogP contribution in [0.2, 0.25) is 0 Å². The number of anilines is 2. The first kappa shape index (κ1) is 15.4. The van der Waals surface area contributed by atoms with Crippen molar-refractivity contribution in [3.05, 3.63) is 39.6 Å². The number of benzene rings is 1. The van der Waals surface area contributed by atoms with Crippen molar-refractivity contribution in [3.63, 3.8) is 0 Å². The lowest BCUT2D eigenvalue weighted by atomic mass is 10.3. The lowest BCUT2D eigenvalue weighted by Gasteiger charge is -2.09. The number of aryl methyl sites for hydroxylation is 1. The molecule has 112 valence electrons. The number of nitrogens with one attached hydrogen (secondary N) is 1. The van der Waals surface area contributed by atoms with Gasteiger partial charge in [0.25, 0.3) is 0 Å². The summed E-state index contributed by atoms with van der Waals surface area (Å²) in [7, 11) is 0. The Labute approximate surface area is 128 Å². The van der Waals surface area contributed by atoms with E-state index in [0.29, 0.717) is 17.1 Å². The van der Waals surface area contributed by atoms with Gasteiger partial charge in [-0.05, 0) is 26.0 Å². The van der Waals surface area contributed by atoms with Gasteiger partial charge >= 0.3 is 0 Å². The zero-order chi connectivity index (χ0) is 15.7. The third-order valence-corrected chi connectivity index (χ3v) is 3.46. The first-order valence-corrected chi connectivity index (χ1v) is 6.82. The number of carbonyl (C=O) groups excluding carboxylic acids is 1. The number of amides is 1. The Hall–Kier alpha value is -1.96. The number of aromatic nitrogens is 2. The molecule has 0 saturated heterocycles. The molecule has 0 fully saturated rings. The van der Waals surface area contributed by atoms with Gasteiger partial charge in [0.1, 0.15) is 12.2 Å². The number of carbonyl (C=O) groups is 1. The molecule has 0 saturated carbocycles. The number of rotatable bonds is 3. The van der Waals surface area contributed by atoms with Crippen LogP contribution in [0.3, 0.4) is 0 Å². The summed E-state index contributed by atoms with van der Waals surface area (Å²) < 4.78 is 28.9. The molecular weight excluding hydrogens is 346 g/mol. The Balaban J connectivity index is 2.17. The summed E-state index contributed by atoms with van der Waals surface area (Å²) in [4.78, 5) is 11.9. The van der Waals surface area contributed by atoms with Gasteiger partial charge in [-0.3, -0.25) is 9.48 Å². The minimum atomic E-state index is -0.858. The first-order chi connectivity index (χ1) is 9.79. The zero-order valence-corrected chi connectivity index (χ0v) is 13.0. The van der Waals surface area contributed by atoms with E-state index in [0.717, 1.165) is 12.1 Å². The van der Waals surface area contributed by atoms with E-state index in [2.05, 4.69) is 26.3 Å². The molecule has 1 aromatic carbocycles. The molecule has 2 rings (SSSR count). The molecule has 1 amide bonds. The van der Waals surface area contributed by atoms with Crippen LogP contribution < -0.4 is 11.1 Å². The van der Waals surface area contributed by atoms with Crippen molar-refractivity contribution in [1.29, 1.82) is 0 Å². The molecule has 0 aliphatic rings. The summed E-state index contributed by atoms with van der Waals surface area (Å²) in [5.41, 5.74) is 6.98. The van der Waals surface area contributed by atoms with Gasteiger partial charge in [0, 0.05) is 4.47 Å². The summed E-state index contributed by atoms with van der Waals surface area (Å²) in [6.45, 7) is 3.24. The third kappa shape index (κ3) is 3.21. The largest absolute Gasteiger partial charge is 0.396 e. The number of halogens is 3. The Kier molecular flexibility index (Phi) is 4.26. The molecule has 0 atom stereocenters. The molecule has 5 nitrogen and oxygen atoms in total. The highest BCUT2D eigenvalue weighted by Gasteiger charge is 2.16. The van der Waals surface area contributed by atoms with E-state index in [9.17, 15) is 13.6 Å². The maximum atomic E-state index is 13.6. The van der Waals surface area contributed by atoms with Gasteiger partial charge in [-0.15, -0.1) is 0 Å². The lowest BCUT2D eigenvalue weighted by molar-refractivity contribution is -0.117. The van der Waals surface area contributed by atoms with Gasteiger partial charge in [0.2, 0.25) is 5.91 Å². The van der Waals surface area contributed by atoms with Gasteiger partial charge in [-0.25, -0.2) is 8.78 Å². The molecule has 21 heavy (non-hydrogen) atoms. The van der Waals surface area contributed by atoms with Crippen LogP contribution in [0.25, 0.3) is 0 Å². The second kappa shape index (κ2) is 5.80. The van der Waals surface area contributed by atoms with E-state index >= 15 is 0 Å². The van der Waals surface area contributed by atoms with Crippen molar-refractivity contribution in [2.75, 3.05) is 11.1 Å². The number of hydrogen-bond acceptors (Lipinski definition) is 3. The minimum absolute atomic E-state index is 0.182. The fraction of sp³-hybridized carbons (Fsp3) is 0.231. The van der Waals surface area contributed by atoms with Crippen molar-refractivity contribution in [3.8, 4) is 0 Å². The summed E-state index contributed by atoms with van der Waals surface area (Å²) in [6, 6.07) is 2.14. The van der Waals surface area contributed by atoms with Crippen LogP contribution in [0.4, 0.5) is 20.2 Å². The van der Waals surface area contributed by atoms with E-state index in [-0.39, 0.29) is 11.0 Å². The number of hydrogen-bond donors (Lipinski definition) is 2. The predicted octanol–water partition coefficient (Wildman–Crippen LogP) is 2.76. The average Bonchev–Trinajstić information content (AvgIpc) is 2.61. The second-order valence-corrected chi connectivity index (χ2v) is 5.45. The molecule has 2 aromatic rings. The molecule has 0 spiro atoms. The van der Waals surface area contributed by atoms with E-state index in [1.165, 1.54) is 4.68 Å². The van der Waals surface area contributed by atoms with E-state index in [4.69, 9.17) is 5.73 Å². The van der Waals surface area contributed by atoms with Crippen LogP contribution in [0.5, 0.6) is 0 Å². The van der Waals surface area contributed by atoms with Gasteiger partial charge in [0.15, 0.2) is 11.6 Å². The summed E-state index contributed by atoms with van der Waals surface area (Å²) in [5.74, 6) is -2.31. The minimum Gasteiger partial charge on any atom is -0.396 e. The Morgan fingerprint density at radius 2 is 1.95 bits per heavy atom. The Bertz CT molecular complexity index is 691. The molecule has 0 unspecified atom stereocenters. The molecule has 0 radical (unpaired) electrons. The van der Waals surface area contributed by atoms with Gasteiger partial charge in [0.05, 0.1) is 17.1 Å². The molecule has 1 heterocycles. The van der Waals surface area contributed by atoms with E-state index in [1.807, 2.05) is 0 Å². The quantitative estimate of drug-likeness (QED) is 0.885. The van der Waals surface area contributed by atoms with Crippen LogP contribution in [-0.2, 0) is 11.3 Å². The van der Waals surface area contributed by atoms with Crippen LogP contribution in [0.15, 0.2) is 16.6 Å². The SMILES string of the molecule is Cc1nn(CC(=O)Nc2c(F)cc(Br)cc2F)c(C)c1N. The molecular formula is C13H13BrF2N4O. The predicted molar refractivity (Wildman–Crippen MR) is 78.8 cm³/mol. The molecule has 3 N–H and O–H groups in total. The van der Waals surface area contributed by atoms with Crippen molar-refractivity contribution in [2.45, 2.75) is 20.4 Å². The number of nitrogens with zero attached hydrogens (tertiary/aromatic N) is 2. The smallest absolute Gasteiger partial charge is 0.246 e. The van der Waals surface area contributed by atoms with E-state index < -0.39 is 23.2 Å². The van der Waals surface area contributed by atoms with Crippen molar-refractivity contribution in [1.82, 2.24) is 9.78 Å². The lowest BCUT2D eigenvalue weighted by Crippen LogP contribution is -2.21. The maximum Gasteiger partial charge on any atom is 0.246 e. The normalized spacial score (nSPS) is 10.7. The number of nitrogen functional groups attached to an aromatic ring is 1. The van der Waals surface area contributed by atoms with Crippen LogP contribution in [0, 0.1) is 25.5 Å². The van der Waals surface area contributed by atoms with Crippen LogP contribution >= 0.6 is 15.9 Å². The van der Waals surface area contributed by atoms with Gasteiger partial charge in [-0.2, -0.15) is 5.10 Å². The first-order valence-electron chi connectivity index (χ1n) is 6.03. The standard InChI is InChI=1S/C13H13BrF2N4O/c1-6-12(17)7(2)20(19-6)5-11(21)18-13-9(15)3-8(14)4-10(13)16/h3-4H,5,17H2,1-2H3,(H,18,21). The van der Waals surface area contributed by atoms with Crippen LogP contribution in [-0.4, -0.2) is 15.7 Å². The second-order valence-electron chi connectivity index (χ2n) is 4.53. The number of nitrogens with two attached hydrogens (primary N) is 1. The van der Waals surface area contributed by atoms with Crippen LogP contribution in [0.1, 0.15) is 11.4 Å². The molecule has 0 aliphatic carbocycles. The zero-order valence-electron chi connectivity index (χ0n) is 11.4. The summed E-state index contributed by atoms with van der Waals surface area (Å²) in [5, 5.41) is 6.28. The monoisotopic (exact) mass is 358 g/mol. The highest BCUT2D eigenvalue weighted by atomic mass is 79.9. The highest BCUT2D eigenvalue weighted by molar-refractivity contribution is 9.10. The maximum absolute atomic E-state index is 13.6. The fourth-order valence-corrected chi connectivity index (χ4v) is 2.24. The third-order valence-electron chi connectivity index (χ3n) is 3.00.